The largest absolute Gasteiger partial charge is 0.497 e. The number of aryl methyl sites for hydroxylation is 1. The Morgan fingerprint density at radius 3 is 2.29 bits per heavy atom. The summed E-state index contributed by atoms with van der Waals surface area (Å²) >= 11 is 0. The molecule has 0 fully saturated rings. The van der Waals surface area contributed by atoms with Crippen LogP contribution >= 0.6 is 0 Å². The van der Waals surface area contributed by atoms with Crippen LogP contribution in [0.2, 0.25) is 0 Å². The maximum Gasteiger partial charge on any atom is 0.164 e. The third-order valence-corrected chi connectivity index (χ3v) is 3.46. The van der Waals surface area contributed by atoms with Gasteiger partial charge in [0.2, 0.25) is 0 Å². The van der Waals surface area contributed by atoms with Crippen molar-refractivity contribution in [1.29, 1.82) is 0 Å². The Morgan fingerprint density at radius 2 is 1.71 bits per heavy atom. The summed E-state index contributed by atoms with van der Waals surface area (Å²) < 4.78 is 5.11. The zero-order valence-corrected chi connectivity index (χ0v) is 12.6. The molecule has 0 amide bonds. The van der Waals surface area contributed by atoms with Crippen LogP contribution in [0.15, 0.2) is 48.5 Å². The van der Waals surface area contributed by atoms with Crippen molar-refractivity contribution in [1.82, 2.24) is 0 Å². The van der Waals surface area contributed by atoms with Crippen LogP contribution in [0.3, 0.4) is 0 Å². The molecule has 0 saturated heterocycles. The van der Waals surface area contributed by atoms with Gasteiger partial charge in [-0.25, -0.2) is 0 Å². The minimum atomic E-state index is 0.165. The predicted octanol–water partition coefficient (Wildman–Crippen LogP) is 3.94. The number of methoxy groups -OCH3 is 1. The zero-order chi connectivity index (χ0) is 15.1. The highest BCUT2D eigenvalue weighted by molar-refractivity contribution is 5.96. The van der Waals surface area contributed by atoms with E-state index in [1.807, 2.05) is 48.5 Å². The van der Waals surface area contributed by atoms with E-state index >= 15 is 0 Å². The maximum atomic E-state index is 12.1. The molecule has 0 aliphatic carbocycles. The van der Waals surface area contributed by atoms with E-state index in [4.69, 9.17) is 4.74 Å². The van der Waals surface area contributed by atoms with Gasteiger partial charge in [-0.1, -0.05) is 31.2 Å². The standard InChI is InChI=1S/C18H21NO2/c1-3-14-4-6-15(7-5-14)18(20)12-13-19-16-8-10-17(21-2)11-9-16/h4-11,19H,3,12-13H2,1-2H3. The molecule has 0 radical (unpaired) electrons. The Balaban J connectivity index is 1.82. The van der Waals surface area contributed by atoms with Gasteiger partial charge in [0, 0.05) is 24.2 Å². The summed E-state index contributed by atoms with van der Waals surface area (Å²) in [5, 5.41) is 3.24. The SMILES string of the molecule is CCc1ccc(C(=O)CCNc2ccc(OC)cc2)cc1. The fourth-order valence-corrected chi connectivity index (χ4v) is 2.10. The van der Waals surface area contributed by atoms with Crippen LogP contribution in [0.4, 0.5) is 5.69 Å². The molecule has 0 aromatic heterocycles. The summed E-state index contributed by atoms with van der Waals surface area (Å²) in [6, 6.07) is 15.5. The lowest BCUT2D eigenvalue weighted by atomic mass is 10.1. The Morgan fingerprint density at radius 1 is 1.05 bits per heavy atom. The van der Waals surface area contributed by atoms with Crippen molar-refractivity contribution in [3.8, 4) is 5.75 Å². The van der Waals surface area contributed by atoms with Gasteiger partial charge in [-0.05, 0) is 36.2 Å². The molecule has 0 spiro atoms. The number of anilines is 1. The topological polar surface area (TPSA) is 38.3 Å². The van der Waals surface area contributed by atoms with Crippen LogP contribution in [0.25, 0.3) is 0 Å². The number of carbonyl (C=O) groups excluding carboxylic acids is 1. The van der Waals surface area contributed by atoms with E-state index in [0.717, 1.165) is 23.4 Å². The average molecular weight is 283 g/mol. The van der Waals surface area contributed by atoms with Crippen LogP contribution in [0.5, 0.6) is 5.75 Å². The van der Waals surface area contributed by atoms with Gasteiger partial charge in [0.05, 0.1) is 7.11 Å². The molecule has 3 heteroatoms. The molecule has 0 bridgehead atoms. The number of carbonyl (C=O) groups is 1. The Labute approximate surface area is 126 Å². The molecule has 0 aliphatic rings. The van der Waals surface area contributed by atoms with Crippen molar-refractivity contribution < 1.29 is 9.53 Å². The first kappa shape index (κ1) is 15.1. The van der Waals surface area contributed by atoms with E-state index in [-0.39, 0.29) is 5.78 Å². The fourth-order valence-electron chi connectivity index (χ4n) is 2.10. The molecule has 0 atom stereocenters. The van der Waals surface area contributed by atoms with Gasteiger partial charge in [-0.2, -0.15) is 0 Å². The second-order valence-electron chi connectivity index (χ2n) is 4.88. The smallest absolute Gasteiger partial charge is 0.164 e. The Bertz CT molecular complexity index is 573. The molecule has 110 valence electrons. The first-order valence-corrected chi connectivity index (χ1v) is 7.23. The van der Waals surface area contributed by atoms with Crippen molar-refractivity contribution in [3.05, 3.63) is 59.7 Å². The summed E-state index contributed by atoms with van der Waals surface area (Å²) in [4.78, 5) is 12.1. The van der Waals surface area contributed by atoms with Gasteiger partial charge in [0.25, 0.3) is 0 Å². The van der Waals surface area contributed by atoms with E-state index in [9.17, 15) is 4.79 Å². The molecule has 1 N–H and O–H groups in total. The molecule has 2 aromatic rings. The van der Waals surface area contributed by atoms with Crippen molar-refractivity contribution in [2.75, 3.05) is 19.0 Å². The van der Waals surface area contributed by atoms with E-state index in [0.29, 0.717) is 13.0 Å². The van der Waals surface area contributed by atoms with E-state index in [2.05, 4.69) is 12.2 Å². The van der Waals surface area contributed by atoms with Crippen LogP contribution in [0, 0.1) is 0 Å². The van der Waals surface area contributed by atoms with Crippen molar-refractivity contribution in [2.45, 2.75) is 19.8 Å². The van der Waals surface area contributed by atoms with Gasteiger partial charge >= 0.3 is 0 Å². The summed E-state index contributed by atoms with van der Waals surface area (Å²) in [5.74, 6) is 0.992. The van der Waals surface area contributed by atoms with Crippen molar-refractivity contribution in [3.63, 3.8) is 0 Å². The lowest BCUT2D eigenvalue weighted by Gasteiger charge is -2.07. The summed E-state index contributed by atoms with van der Waals surface area (Å²) in [5.41, 5.74) is 3.02. The number of ether oxygens (including phenoxy) is 1. The quantitative estimate of drug-likeness (QED) is 0.782. The molecule has 0 heterocycles. The van der Waals surface area contributed by atoms with Gasteiger partial charge < -0.3 is 10.1 Å². The lowest BCUT2D eigenvalue weighted by Crippen LogP contribution is -2.08. The molecule has 2 aromatic carbocycles. The fraction of sp³-hybridized carbons (Fsp3) is 0.278. The predicted molar refractivity (Wildman–Crippen MR) is 86.3 cm³/mol. The highest BCUT2D eigenvalue weighted by Gasteiger charge is 2.05. The van der Waals surface area contributed by atoms with Gasteiger partial charge in [-0.3, -0.25) is 4.79 Å². The Hall–Kier alpha value is -2.29. The van der Waals surface area contributed by atoms with Gasteiger partial charge in [0.1, 0.15) is 5.75 Å². The minimum absolute atomic E-state index is 0.165. The second-order valence-corrected chi connectivity index (χ2v) is 4.88. The maximum absolute atomic E-state index is 12.1. The molecule has 21 heavy (non-hydrogen) atoms. The second kappa shape index (κ2) is 7.48. The number of Topliss-reactive ketones (excluding diaryl/α,β-unsaturated/α-hetero) is 1. The third kappa shape index (κ3) is 4.35. The summed E-state index contributed by atoms with van der Waals surface area (Å²) in [7, 11) is 1.64. The van der Waals surface area contributed by atoms with Crippen molar-refractivity contribution in [2.24, 2.45) is 0 Å². The lowest BCUT2D eigenvalue weighted by molar-refractivity contribution is 0.0986. The average Bonchev–Trinajstić information content (AvgIpc) is 2.55. The number of benzene rings is 2. The molecule has 3 nitrogen and oxygen atoms in total. The highest BCUT2D eigenvalue weighted by Crippen LogP contribution is 2.15. The van der Waals surface area contributed by atoms with Crippen LogP contribution in [0.1, 0.15) is 29.3 Å². The van der Waals surface area contributed by atoms with Crippen molar-refractivity contribution >= 4 is 11.5 Å². The number of hydrogen-bond acceptors (Lipinski definition) is 3. The first-order chi connectivity index (χ1) is 10.2. The normalized spacial score (nSPS) is 10.2. The van der Waals surface area contributed by atoms with Gasteiger partial charge in [-0.15, -0.1) is 0 Å². The van der Waals surface area contributed by atoms with E-state index < -0.39 is 0 Å². The molecule has 0 aliphatic heterocycles. The summed E-state index contributed by atoms with van der Waals surface area (Å²) in [6.07, 6.45) is 1.48. The van der Waals surface area contributed by atoms with E-state index in [1.54, 1.807) is 7.11 Å². The number of hydrogen-bond donors (Lipinski definition) is 1. The zero-order valence-electron chi connectivity index (χ0n) is 12.6. The highest BCUT2D eigenvalue weighted by atomic mass is 16.5. The molecular formula is C18H21NO2. The number of ketones is 1. The van der Waals surface area contributed by atoms with Crippen LogP contribution in [-0.2, 0) is 6.42 Å². The summed E-state index contributed by atoms with van der Waals surface area (Å²) in [6.45, 7) is 2.73. The Kier molecular flexibility index (Phi) is 5.38. The molecular weight excluding hydrogens is 262 g/mol. The van der Waals surface area contributed by atoms with Gasteiger partial charge in [0.15, 0.2) is 5.78 Å². The first-order valence-electron chi connectivity index (χ1n) is 7.23. The number of nitrogens with one attached hydrogen (secondary N) is 1. The molecule has 0 saturated carbocycles. The monoisotopic (exact) mass is 283 g/mol. The van der Waals surface area contributed by atoms with Crippen LogP contribution in [-0.4, -0.2) is 19.4 Å². The van der Waals surface area contributed by atoms with E-state index in [1.165, 1.54) is 5.56 Å². The van der Waals surface area contributed by atoms with Crippen LogP contribution < -0.4 is 10.1 Å². The molecule has 0 unspecified atom stereocenters. The minimum Gasteiger partial charge on any atom is -0.497 e. The number of rotatable bonds is 7. The third-order valence-electron chi connectivity index (χ3n) is 3.46. The molecule has 2 rings (SSSR count).